The maximum atomic E-state index is 14.2. The van der Waals surface area contributed by atoms with E-state index < -0.39 is 12.0 Å². The van der Waals surface area contributed by atoms with Crippen LogP contribution in [0.2, 0.25) is 0 Å². The van der Waals surface area contributed by atoms with Crippen LogP contribution in [-0.2, 0) is 6.54 Å². The van der Waals surface area contributed by atoms with E-state index in [4.69, 9.17) is 0 Å². The Kier molecular flexibility index (Phi) is 6.84. The molecule has 5 aromatic rings. The third-order valence-corrected chi connectivity index (χ3v) is 8.24. The summed E-state index contributed by atoms with van der Waals surface area (Å²) in [6.45, 7) is 4.91. The van der Waals surface area contributed by atoms with E-state index in [1.54, 1.807) is 37.6 Å². The van der Waals surface area contributed by atoms with Crippen LogP contribution in [0.15, 0.2) is 55.1 Å². The van der Waals surface area contributed by atoms with Crippen LogP contribution in [0, 0.1) is 24.1 Å². The lowest BCUT2D eigenvalue weighted by atomic mass is 9.90. The molecule has 40 heavy (non-hydrogen) atoms. The average Bonchev–Trinajstić information content (AvgIpc) is 3.57. The van der Waals surface area contributed by atoms with Crippen molar-refractivity contribution in [3.05, 3.63) is 88.9 Å². The second-order valence-corrected chi connectivity index (χ2v) is 10.9. The van der Waals surface area contributed by atoms with Gasteiger partial charge in [0.2, 0.25) is 0 Å². The van der Waals surface area contributed by atoms with E-state index in [1.165, 1.54) is 23.3 Å². The highest BCUT2D eigenvalue weighted by atomic mass is 19.1. The minimum absolute atomic E-state index is 0.323. The summed E-state index contributed by atoms with van der Waals surface area (Å²) in [6, 6.07) is 12.9. The van der Waals surface area contributed by atoms with Crippen LogP contribution in [0.5, 0.6) is 0 Å². The van der Waals surface area contributed by atoms with Crippen molar-refractivity contribution in [1.29, 1.82) is 5.26 Å². The number of aromatic amines is 1. The van der Waals surface area contributed by atoms with Gasteiger partial charge in [0, 0.05) is 29.2 Å². The SMILES string of the molecule is Cc1c(CN2CCC(c3cn(-c4ccc(F)cc4C(O)N(C)C)c4cncnc34)CC2)ccc2[nH]c(C#N)cc12. The van der Waals surface area contributed by atoms with Gasteiger partial charge >= 0.3 is 0 Å². The summed E-state index contributed by atoms with van der Waals surface area (Å²) in [7, 11) is 3.52. The summed E-state index contributed by atoms with van der Waals surface area (Å²) in [5.41, 5.74) is 8.16. The lowest BCUT2D eigenvalue weighted by Crippen LogP contribution is -2.32. The van der Waals surface area contributed by atoms with Crippen LogP contribution >= 0.6 is 0 Å². The van der Waals surface area contributed by atoms with Crippen molar-refractivity contribution >= 4 is 21.9 Å². The predicted molar refractivity (Wildman–Crippen MR) is 152 cm³/mol. The number of H-pyrrole nitrogens is 1. The average molecular weight is 538 g/mol. The van der Waals surface area contributed by atoms with E-state index >= 15 is 0 Å². The van der Waals surface area contributed by atoms with Gasteiger partial charge in [-0.3, -0.25) is 9.80 Å². The number of aryl methyl sites for hydroxylation is 1. The minimum atomic E-state index is -0.958. The second-order valence-electron chi connectivity index (χ2n) is 10.9. The van der Waals surface area contributed by atoms with Crippen LogP contribution in [-0.4, -0.2) is 61.6 Å². The Hall–Kier alpha value is -4.10. The molecule has 3 aromatic heterocycles. The number of aliphatic hydroxyl groups is 1. The Bertz CT molecular complexity index is 1740. The first kappa shape index (κ1) is 26.1. The zero-order chi connectivity index (χ0) is 28.0. The Morgan fingerprint density at radius 2 is 2.00 bits per heavy atom. The molecule has 0 amide bonds. The molecule has 204 valence electrons. The van der Waals surface area contributed by atoms with Gasteiger partial charge in [0.15, 0.2) is 0 Å². The highest BCUT2D eigenvalue weighted by molar-refractivity contribution is 5.85. The van der Waals surface area contributed by atoms with E-state index in [-0.39, 0.29) is 0 Å². The summed E-state index contributed by atoms with van der Waals surface area (Å²) in [4.78, 5) is 16.2. The second kappa shape index (κ2) is 10.5. The molecule has 4 heterocycles. The van der Waals surface area contributed by atoms with Crippen LogP contribution in [0.4, 0.5) is 4.39 Å². The summed E-state index contributed by atoms with van der Waals surface area (Å²) in [5.74, 6) is -0.0691. The van der Waals surface area contributed by atoms with Crippen LogP contribution in [0.1, 0.15) is 52.9 Å². The van der Waals surface area contributed by atoms with Gasteiger partial charge in [0.05, 0.1) is 22.9 Å². The molecule has 2 N–H and O–H groups in total. The molecule has 0 bridgehead atoms. The summed E-state index contributed by atoms with van der Waals surface area (Å²) < 4.78 is 16.2. The Balaban J connectivity index is 1.26. The lowest BCUT2D eigenvalue weighted by molar-refractivity contribution is 0.0393. The third-order valence-electron chi connectivity index (χ3n) is 8.24. The van der Waals surface area contributed by atoms with Gasteiger partial charge in [0.1, 0.15) is 30.1 Å². The predicted octanol–water partition coefficient (Wildman–Crippen LogP) is 5.15. The number of rotatable bonds is 6. The number of fused-ring (bicyclic) bond motifs is 2. The highest BCUT2D eigenvalue weighted by Gasteiger charge is 2.27. The first-order chi connectivity index (χ1) is 19.3. The molecule has 1 aliphatic rings. The van der Waals surface area contributed by atoms with E-state index in [1.807, 2.05) is 10.6 Å². The molecule has 0 aliphatic carbocycles. The normalized spacial score (nSPS) is 15.7. The molecular weight excluding hydrogens is 505 g/mol. The first-order valence-electron chi connectivity index (χ1n) is 13.5. The van der Waals surface area contributed by atoms with Crippen LogP contribution in [0.3, 0.4) is 0 Å². The number of nitriles is 1. The summed E-state index contributed by atoms with van der Waals surface area (Å²) in [5, 5.41) is 21.2. The summed E-state index contributed by atoms with van der Waals surface area (Å²) in [6.07, 6.45) is 6.47. The van der Waals surface area contributed by atoms with Gasteiger partial charge < -0.3 is 14.7 Å². The number of nitrogens with zero attached hydrogens (tertiary/aromatic N) is 6. The highest BCUT2D eigenvalue weighted by Crippen LogP contribution is 2.37. The van der Waals surface area contributed by atoms with E-state index in [9.17, 15) is 14.8 Å². The third kappa shape index (κ3) is 4.64. The zero-order valence-corrected chi connectivity index (χ0v) is 22.9. The minimum Gasteiger partial charge on any atom is -0.374 e. The number of piperidine rings is 1. The molecule has 8 nitrogen and oxygen atoms in total. The van der Waals surface area contributed by atoms with Crippen molar-refractivity contribution in [1.82, 2.24) is 29.3 Å². The number of likely N-dealkylation sites (tertiary alicyclic amines) is 1. The number of aliphatic hydroxyl groups excluding tert-OH is 1. The van der Waals surface area contributed by atoms with Crippen molar-refractivity contribution in [3.63, 3.8) is 0 Å². The molecular formula is C31H32FN7O. The van der Waals surface area contributed by atoms with Crippen molar-refractivity contribution in [3.8, 4) is 11.8 Å². The van der Waals surface area contributed by atoms with Gasteiger partial charge in [-0.2, -0.15) is 5.26 Å². The maximum Gasteiger partial charge on any atom is 0.135 e. The molecule has 1 aliphatic heterocycles. The molecule has 1 unspecified atom stereocenters. The van der Waals surface area contributed by atoms with Crippen molar-refractivity contribution < 1.29 is 9.50 Å². The van der Waals surface area contributed by atoms with Crippen molar-refractivity contribution in [2.75, 3.05) is 27.2 Å². The van der Waals surface area contributed by atoms with Gasteiger partial charge in [-0.15, -0.1) is 0 Å². The molecule has 0 saturated carbocycles. The fourth-order valence-corrected chi connectivity index (χ4v) is 5.99. The molecule has 9 heteroatoms. The number of halogens is 1. The largest absolute Gasteiger partial charge is 0.374 e. The van der Waals surface area contributed by atoms with Crippen molar-refractivity contribution in [2.24, 2.45) is 0 Å². The Labute approximate surface area is 232 Å². The van der Waals surface area contributed by atoms with Gasteiger partial charge in [-0.05, 0) is 99.9 Å². The zero-order valence-electron chi connectivity index (χ0n) is 22.9. The first-order valence-corrected chi connectivity index (χ1v) is 13.5. The lowest BCUT2D eigenvalue weighted by Gasteiger charge is -2.32. The van der Waals surface area contributed by atoms with E-state index in [0.717, 1.165) is 60.0 Å². The standard InChI is InChI=1S/C31H32FN7O/c1-19-21(4-6-27-24(19)13-23(14-33)36-27)16-38-10-8-20(9-11-38)26-17-39(29-15-34-18-35-30(26)29)28-7-5-22(32)12-25(28)31(40)37(2)3/h4-7,12-13,15,17-18,20,31,36,40H,8-11,16H2,1-3H3. The number of aromatic nitrogens is 4. The molecule has 0 spiro atoms. The molecule has 1 atom stereocenters. The number of benzene rings is 2. The molecule has 1 fully saturated rings. The van der Waals surface area contributed by atoms with Crippen LogP contribution in [0.25, 0.3) is 27.6 Å². The molecule has 1 saturated heterocycles. The molecule has 0 radical (unpaired) electrons. The fourth-order valence-electron chi connectivity index (χ4n) is 5.99. The van der Waals surface area contributed by atoms with Crippen molar-refractivity contribution in [2.45, 2.75) is 38.5 Å². The Morgan fingerprint density at radius 3 is 2.75 bits per heavy atom. The number of hydrogen-bond acceptors (Lipinski definition) is 6. The monoisotopic (exact) mass is 537 g/mol. The van der Waals surface area contributed by atoms with Gasteiger partial charge in [0.25, 0.3) is 0 Å². The van der Waals surface area contributed by atoms with Crippen LogP contribution < -0.4 is 0 Å². The van der Waals surface area contributed by atoms with Gasteiger partial charge in [-0.1, -0.05) is 6.07 Å². The fraction of sp³-hybridized carbons (Fsp3) is 0.323. The summed E-state index contributed by atoms with van der Waals surface area (Å²) >= 11 is 0. The van der Waals surface area contributed by atoms with E-state index in [2.05, 4.69) is 51.2 Å². The maximum absolute atomic E-state index is 14.2. The smallest absolute Gasteiger partial charge is 0.135 e. The Morgan fingerprint density at radius 1 is 1.20 bits per heavy atom. The molecule has 2 aromatic carbocycles. The number of hydrogen-bond donors (Lipinski definition) is 2. The van der Waals surface area contributed by atoms with E-state index in [0.29, 0.717) is 22.9 Å². The number of nitrogens with one attached hydrogen (secondary N) is 1. The van der Waals surface area contributed by atoms with Gasteiger partial charge in [-0.25, -0.2) is 14.4 Å². The topological polar surface area (TPSA) is 97.0 Å². The molecule has 6 rings (SSSR count). The quantitative estimate of drug-likeness (QED) is 0.291.